The number of nitrogens with zero attached hydrogens (tertiary/aromatic N) is 2. The lowest BCUT2D eigenvalue weighted by atomic mass is 9.77. The van der Waals surface area contributed by atoms with E-state index in [4.69, 9.17) is 4.98 Å². The zero-order valence-electron chi connectivity index (χ0n) is 12.5. The molecule has 3 nitrogen and oxygen atoms in total. The number of hydrogen-bond donors (Lipinski definition) is 1. The molecule has 1 saturated carbocycles. The van der Waals surface area contributed by atoms with Crippen molar-refractivity contribution in [2.45, 2.75) is 57.4 Å². The van der Waals surface area contributed by atoms with Gasteiger partial charge in [-0.05, 0) is 54.7 Å². The lowest BCUT2D eigenvalue weighted by molar-refractivity contribution is 0.411. The van der Waals surface area contributed by atoms with E-state index in [1.165, 1.54) is 44.3 Å². The molecule has 0 amide bonds. The lowest BCUT2D eigenvalue weighted by Gasteiger charge is -2.42. The number of pyridine rings is 1. The van der Waals surface area contributed by atoms with Gasteiger partial charge in [-0.1, -0.05) is 13.3 Å². The number of piperazine rings is 1. The molecule has 3 heteroatoms. The maximum Gasteiger partial charge on any atom is 0.132 e. The van der Waals surface area contributed by atoms with Crippen molar-refractivity contribution in [3.63, 3.8) is 0 Å². The van der Waals surface area contributed by atoms with E-state index in [2.05, 4.69) is 23.3 Å². The molecule has 1 aromatic rings. The maximum atomic E-state index is 4.91. The minimum atomic E-state index is 0.669. The van der Waals surface area contributed by atoms with Crippen molar-refractivity contribution in [3.05, 3.63) is 22.9 Å². The van der Waals surface area contributed by atoms with E-state index >= 15 is 0 Å². The van der Waals surface area contributed by atoms with E-state index in [9.17, 15) is 0 Å². The molecule has 2 fully saturated rings. The first-order chi connectivity index (χ1) is 9.88. The fourth-order valence-electron chi connectivity index (χ4n) is 4.20. The molecule has 2 aliphatic heterocycles. The van der Waals surface area contributed by atoms with Crippen LogP contribution in [0.25, 0.3) is 0 Å². The Kier molecular flexibility index (Phi) is 3.18. The molecule has 1 aromatic heterocycles. The summed E-state index contributed by atoms with van der Waals surface area (Å²) in [6.07, 6.45) is 10.1. The van der Waals surface area contributed by atoms with Crippen molar-refractivity contribution < 1.29 is 0 Å². The van der Waals surface area contributed by atoms with E-state index in [1.54, 1.807) is 16.7 Å². The van der Waals surface area contributed by atoms with Crippen molar-refractivity contribution in [1.82, 2.24) is 10.3 Å². The first kappa shape index (κ1) is 12.6. The van der Waals surface area contributed by atoms with Gasteiger partial charge in [-0.3, -0.25) is 0 Å². The monoisotopic (exact) mass is 271 g/mol. The average molecular weight is 271 g/mol. The third-order valence-corrected chi connectivity index (χ3v) is 5.56. The number of fused-ring (bicyclic) bond motifs is 3. The van der Waals surface area contributed by atoms with Gasteiger partial charge >= 0.3 is 0 Å². The Balaban J connectivity index is 1.75. The number of nitrogens with one attached hydrogen (secondary N) is 1. The molecule has 3 aliphatic rings. The summed E-state index contributed by atoms with van der Waals surface area (Å²) in [5.74, 6) is 2.12. The Hall–Kier alpha value is -1.09. The van der Waals surface area contributed by atoms with Gasteiger partial charge in [0.2, 0.25) is 0 Å². The summed E-state index contributed by atoms with van der Waals surface area (Å²) in [6, 6.07) is 0.669. The predicted molar refractivity (Wildman–Crippen MR) is 82.5 cm³/mol. The fraction of sp³-hybridized carbons (Fsp3) is 0.706. The summed E-state index contributed by atoms with van der Waals surface area (Å²) >= 11 is 0. The van der Waals surface area contributed by atoms with Crippen LogP contribution in [-0.4, -0.2) is 30.7 Å². The molecule has 0 radical (unpaired) electrons. The quantitative estimate of drug-likeness (QED) is 0.896. The molecule has 1 N–H and O–H groups in total. The third kappa shape index (κ3) is 1.86. The van der Waals surface area contributed by atoms with Crippen LogP contribution in [0.5, 0.6) is 0 Å². The molecule has 1 saturated heterocycles. The van der Waals surface area contributed by atoms with Gasteiger partial charge in [-0.15, -0.1) is 0 Å². The zero-order valence-corrected chi connectivity index (χ0v) is 12.5. The molecule has 0 bridgehead atoms. The molecule has 3 heterocycles. The second-order valence-electron chi connectivity index (χ2n) is 6.57. The maximum absolute atomic E-state index is 4.91. The second kappa shape index (κ2) is 5.03. The number of hydrogen-bond acceptors (Lipinski definition) is 3. The summed E-state index contributed by atoms with van der Waals surface area (Å²) in [6.45, 7) is 5.68. The molecular weight excluding hydrogens is 246 g/mol. The molecular formula is C17H25N3. The van der Waals surface area contributed by atoms with Gasteiger partial charge in [0, 0.05) is 31.9 Å². The smallest absolute Gasteiger partial charge is 0.132 e. The van der Waals surface area contributed by atoms with E-state index in [0.717, 1.165) is 25.6 Å². The van der Waals surface area contributed by atoms with Crippen molar-refractivity contribution in [2.75, 3.05) is 24.5 Å². The number of aromatic nitrogens is 1. The minimum Gasteiger partial charge on any atom is -0.351 e. The molecule has 108 valence electrons. The molecule has 4 rings (SSSR count). The molecule has 0 spiro atoms. The van der Waals surface area contributed by atoms with Crippen LogP contribution in [0.2, 0.25) is 0 Å². The van der Waals surface area contributed by atoms with Gasteiger partial charge in [0.25, 0.3) is 0 Å². The molecule has 1 atom stereocenters. The topological polar surface area (TPSA) is 28.2 Å². The third-order valence-electron chi connectivity index (χ3n) is 5.56. The van der Waals surface area contributed by atoms with Gasteiger partial charge in [-0.2, -0.15) is 0 Å². The van der Waals surface area contributed by atoms with E-state index < -0.39 is 0 Å². The largest absolute Gasteiger partial charge is 0.351 e. The van der Waals surface area contributed by atoms with E-state index in [-0.39, 0.29) is 0 Å². The summed E-state index contributed by atoms with van der Waals surface area (Å²) in [7, 11) is 0. The van der Waals surface area contributed by atoms with E-state index in [0.29, 0.717) is 6.04 Å². The summed E-state index contributed by atoms with van der Waals surface area (Å²) in [4.78, 5) is 7.48. The Morgan fingerprint density at radius 2 is 2.25 bits per heavy atom. The predicted octanol–water partition coefficient (Wildman–Crippen LogP) is 2.64. The van der Waals surface area contributed by atoms with Crippen LogP contribution < -0.4 is 10.2 Å². The van der Waals surface area contributed by atoms with Crippen LogP contribution in [-0.2, 0) is 12.8 Å². The van der Waals surface area contributed by atoms with Crippen molar-refractivity contribution >= 4 is 5.82 Å². The highest BCUT2D eigenvalue weighted by Gasteiger charge is 2.32. The van der Waals surface area contributed by atoms with Crippen LogP contribution >= 0.6 is 0 Å². The van der Waals surface area contributed by atoms with Gasteiger partial charge in [-0.25, -0.2) is 4.98 Å². The minimum absolute atomic E-state index is 0.669. The number of rotatable bonds is 2. The van der Waals surface area contributed by atoms with Crippen molar-refractivity contribution in [3.8, 4) is 0 Å². The number of anilines is 1. The average Bonchev–Trinajstić information content (AvgIpc) is 2.45. The van der Waals surface area contributed by atoms with Crippen LogP contribution in [0.4, 0.5) is 5.82 Å². The molecule has 1 unspecified atom stereocenters. The van der Waals surface area contributed by atoms with Crippen LogP contribution in [0, 0.1) is 0 Å². The van der Waals surface area contributed by atoms with Crippen LogP contribution in [0.3, 0.4) is 0 Å². The van der Waals surface area contributed by atoms with Gasteiger partial charge < -0.3 is 10.2 Å². The summed E-state index contributed by atoms with van der Waals surface area (Å²) in [5, 5.41) is 3.52. The Labute approximate surface area is 121 Å². The molecule has 20 heavy (non-hydrogen) atoms. The fourth-order valence-corrected chi connectivity index (χ4v) is 4.20. The van der Waals surface area contributed by atoms with E-state index in [1.807, 2.05) is 0 Å². The van der Waals surface area contributed by atoms with Gasteiger partial charge in [0.05, 0.1) is 0 Å². The van der Waals surface area contributed by atoms with Crippen LogP contribution in [0.15, 0.2) is 6.20 Å². The van der Waals surface area contributed by atoms with Crippen molar-refractivity contribution in [1.29, 1.82) is 0 Å². The Morgan fingerprint density at radius 1 is 1.35 bits per heavy atom. The molecule has 1 aliphatic carbocycles. The van der Waals surface area contributed by atoms with Gasteiger partial charge in [0.1, 0.15) is 5.82 Å². The van der Waals surface area contributed by atoms with Crippen LogP contribution in [0.1, 0.15) is 55.2 Å². The Morgan fingerprint density at radius 3 is 3.00 bits per heavy atom. The van der Waals surface area contributed by atoms with Gasteiger partial charge in [0.15, 0.2) is 0 Å². The SMILES string of the molecule is CCc1c(C2CCC2)cnc2c1CCC1CNCCN21. The highest BCUT2D eigenvalue weighted by Crippen LogP contribution is 2.42. The normalized spacial score (nSPS) is 25.9. The summed E-state index contributed by atoms with van der Waals surface area (Å²) in [5.41, 5.74) is 4.79. The second-order valence-corrected chi connectivity index (χ2v) is 6.57. The highest BCUT2D eigenvalue weighted by atomic mass is 15.3. The lowest BCUT2D eigenvalue weighted by Crippen LogP contribution is -2.53. The van der Waals surface area contributed by atoms with Crippen molar-refractivity contribution in [2.24, 2.45) is 0 Å². The zero-order chi connectivity index (χ0) is 13.5. The highest BCUT2D eigenvalue weighted by molar-refractivity contribution is 5.57. The molecule has 0 aromatic carbocycles. The first-order valence-electron chi connectivity index (χ1n) is 8.36. The standard InChI is InChI=1S/C17H25N3/c1-2-14-15-7-6-13-10-18-8-9-20(13)17(15)19-11-16(14)12-4-3-5-12/h11-13,18H,2-10H2,1H3. The summed E-state index contributed by atoms with van der Waals surface area (Å²) < 4.78 is 0. The Bertz CT molecular complexity index is 507. The first-order valence-corrected chi connectivity index (χ1v) is 8.36.